The molecule has 4 rings (SSSR count). The molecule has 1 atom stereocenters. The van der Waals surface area contributed by atoms with E-state index in [1.165, 1.54) is 0 Å². The molecule has 2 amide bonds. The van der Waals surface area contributed by atoms with Crippen LogP contribution in [0.1, 0.15) is 19.4 Å². The number of ether oxygens (including phenoxy) is 2. The summed E-state index contributed by atoms with van der Waals surface area (Å²) in [6, 6.07) is 16.5. The second-order valence-electron chi connectivity index (χ2n) is 7.47. The molecule has 0 spiro atoms. The molecule has 7 nitrogen and oxygen atoms in total. The topological polar surface area (TPSA) is 79.9 Å². The molecule has 1 aliphatic heterocycles. The van der Waals surface area contributed by atoms with E-state index in [1.807, 2.05) is 68.4 Å². The predicted octanol–water partition coefficient (Wildman–Crippen LogP) is 4.27. The lowest BCUT2D eigenvalue weighted by atomic mass is 10.0. The molecule has 3 aromatic rings. The van der Waals surface area contributed by atoms with Gasteiger partial charge in [-0.1, -0.05) is 54.0 Å². The minimum atomic E-state index is -0.807. The smallest absolute Gasteiger partial charge is 0.253 e. The Labute approximate surface area is 208 Å². The third-order valence-electron chi connectivity index (χ3n) is 5.38. The van der Waals surface area contributed by atoms with Crippen molar-refractivity contribution in [3.63, 3.8) is 0 Å². The fourth-order valence-electron chi connectivity index (χ4n) is 3.88. The molecule has 1 heterocycles. The number of nitrogens with one attached hydrogen (secondary N) is 2. The number of carbonyl (C=O) groups excluding carboxylic acids is 2. The van der Waals surface area contributed by atoms with Gasteiger partial charge in [0, 0.05) is 10.0 Å². The highest BCUT2D eigenvalue weighted by atomic mass is 79.9. The van der Waals surface area contributed by atoms with Crippen molar-refractivity contribution in [3.05, 3.63) is 64.6 Å². The zero-order valence-electron chi connectivity index (χ0n) is 19.9. The average Bonchev–Trinajstić information content (AvgIpc) is 2.97. The third kappa shape index (κ3) is 5.51. The summed E-state index contributed by atoms with van der Waals surface area (Å²) >= 11 is 3.52. The zero-order chi connectivity index (χ0) is 24.7. The molecule has 0 radical (unpaired) electrons. The number of carbonyl (C=O) groups is 2. The summed E-state index contributed by atoms with van der Waals surface area (Å²) < 4.78 is 12.5. The van der Waals surface area contributed by atoms with Crippen LogP contribution in [0, 0.1) is 0 Å². The molecule has 0 aromatic heterocycles. The van der Waals surface area contributed by atoms with Gasteiger partial charge in [-0.2, -0.15) is 0 Å². The Morgan fingerprint density at radius 1 is 1.18 bits per heavy atom. The van der Waals surface area contributed by atoms with Crippen LogP contribution in [0.15, 0.2) is 59.1 Å². The number of hydrogen-bond acceptors (Lipinski definition) is 5. The largest absolute Gasteiger partial charge is 0.496 e. The maximum absolute atomic E-state index is 13.6. The third-order valence-corrected chi connectivity index (χ3v) is 5.88. The highest BCUT2D eigenvalue weighted by Crippen LogP contribution is 2.36. The minimum absolute atomic E-state index is 0.0570. The molecular formula is C26H30BrN3O4. The zero-order valence-corrected chi connectivity index (χ0v) is 21.4. The molecule has 0 bridgehead atoms. The van der Waals surface area contributed by atoms with E-state index in [2.05, 4.69) is 26.6 Å². The van der Waals surface area contributed by atoms with Crippen molar-refractivity contribution in [1.82, 2.24) is 10.6 Å². The van der Waals surface area contributed by atoms with Crippen LogP contribution in [0.5, 0.6) is 11.5 Å². The molecule has 3 aromatic carbocycles. The van der Waals surface area contributed by atoms with Crippen LogP contribution >= 0.6 is 15.9 Å². The number of anilines is 1. The quantitative estimate of drug-likeness (QED) is 0.500. The van der Waals surface area contributed by atoms with Gasteiger partial charge in [0.1, 0.15) is 24.1 Å². The molecule has 0 fully saturated rings. The first-order valence-electron chi connectivity index (χ1n) is 11.2. The molecular weight excluding hydrogens is 498 g/mol. The average molecular weight is 528 g/mol. The Kier molecular flexibility index (Phi) is 8.90. The first-order valence-corrected chi connectivity index (χ1v) is 12.0. The van der Waals surface area contributed by atoms with E-state index in [4.69, 9.17) is 9.47 Å². The number of likely N-dealkylation sites (N-methyl/N-ethyl adjacent to an activating group) is 1. The first kappa shape index (κ1) is 25.5. The van der Waals surface area contributed by atoms with Crippen LogP contribution in [-0.4, -0.2) is 45.2 Å². The highest BCUT2D eigenvalue weighted by Gasteiger charge is 2.33. The van der Waals surface area contributed by atoms with Gasteiger partial charge in [0.05, 0.1) is 25.9 Å². The molecule has 34 heavy (non-hydrogen) atoms. The lowest BCUT2D eigenvalue weighted by Gasteiger charge is -2.26. The molecule has 0 saturated heterocycles. The lowest BCUT2D eigenvalue weighted by molar-refractivity contribution is -0.127. The van der Waals surface area contributed by atoms with Crippen LogP contribution in [0.3, 0.4) is 0 Å². The Morgan fingerprint density at radius 3 is 2.68 bits per heavy atom. The van der Waals surface area contributed by atoms with Crippen molar-refractivity contribution < 1.29 is 19.1 Å². The van der Waals surface area contributed by atoms with E-state index in [0.717, 1.165) is 20.8 Å². The van der Waals surface area contributed by atoms with Crippen LogP contribution in [-0.2, 0) is 16.1 Å². The van der Waals surface area contributed by atoms with Gasteiger partial charge < -0.3 is 25.0 Å². The predicted molar refractivity (Wildman–Crippen MR) is 139 cm³/mol. The number of amides is 2. The van der Waals surface area contributed by atoms with E-state index in [-0.39, 0.29) is 31.5 Å². The van der Waals surface area contributed by atoms with Crippen LogP contribution in [0.4, 0.5) is 5.69 Å². The normalized spacial score (nSPS) is 14.9. The summed E-state index contributed by atoms with van der Waals surface area (Å²) in [5.74, 6) is 0.766. The van der Waals surface area contributed by atoms with Crippen molar-refractivity contribution in [2.45, 2.75) is 26.4 Å². The lowest BCUT2D eigenvalue weighted by Crippen LogP contribution is -2.51. The Bertz CT molecular complexity index is 1170. The summed E-state index contributed by atoms with van der Waals surface area (Å²) in [4.78, 5) is 27.5. The summed E-state index contributed by atoms with van der Waals surface area (Å²) in [7, 11) is 3.30. The van der Waals surface area contributed by atoms with E-state index in [0.29, 0.717) is 17.2 Å². The SMILES string of the molecule is CC.CNCC(=O)NC1COc2ccccc2N(Cc2c(OC)ccc3cc(Br)ccc23)C1=O. The van der Waals surface area contributed by atoms with Crippen molar-refractivity contribution in [2.24, 2.45) is 0 Å². The van der Waals surface area contributed by atoms with E-state index in [9.17, 15) is 9.59 Å². The van der Waals surface area contributed by atoms with Crippen LogP contribution < -0.4 is 25.0 Å². The molecule has 0 aliphatic carbocycles. The standard InChI is InChI=1S/C24H24BrN3O4.C2H6/c1-26-12-23(29)27-19-14-32-22-6-4-3-5-20(22)28(24(19)30)13-18-17-9-8-16(25)11-15(17)7-10-21(18)31-2;1-2/h3-11,19,26H,12-14H2,1-2H3,(H,27,29);1-2H3. The molecule has 1 aliphatic rings. The van der Waals surface area contributed by atoms with Gasteiger partial charge in [0.15, 0.2) is 0 Å². The number of rotatable bonds is 6. The van der Waals surface area contributed by atoms with Crippen LogP contribution in [0.25, 0.3) is 10.8 Å². The van der Waals surface area contributed by atoms with E-state index in [1.54, 1.807) is 19.1 Å². The summed E-state index contributed by atoms with van der Waals surface area (Å²) in [6.07, 6.45) is 0. The number of nitrogens with zero attached hydrogens (tertiary/aromatic N) is 1. The Balaban J connectivity index is 0.00000158. The molecule has 0 saturated carbocycles. The summed E-state index contributed by atoms with van der Waals surface area (Å²) in [5, 5.41) is 7.59. The fraction of sp³-hybridized carbons (Fsp3) is 0.308. The van der Waals surface area contributed by atoms with Crippen LogP contribution in [0.2, 0.25) is 0 Å². The number of halogens is 1. The van der Waals surface area contributed by atoms with E-state index >= 15 is 0 Å². The molecule has 2 N–H and O–H groups in total. The van der Waals surface area contributed by atoms with Crippen molar-refractivity contribution >= 4 is 44.2 Å². The Hall–Kier alpha value is -3.10. The van der Waals surface area contributed by atoms with Crippen molar-refractivity contribution in [1.29, 1.82) is 0 Å². The molecule has 1 unspecified atom stereocenters. The number of methoxy groups -OCH3 is 1. The number of fused-ring (bicyclic) bond motifs is 2. The number of para-hydroxylation sites is 2. The second kappa shape index (κ2) is 11.9. The maximum Gasteiger partial charge on any atom is 0.253 e. The highest BCUT2D eigenvalue weighted by molar-refractivity contribution is 9.10. The van der Waals surface area contributed by atoms with Gasteiger partial charge in [-0.05, 0) is 48.2 Å². The van der Waals surface area contributed by atoms with Gasteiger partial charge in [0.25, 0.3) is 5.91 Å². The number of hydrogen-bond donors (Lipinski definition) is 2. The van der Waals surface area contributed by atoms with Gasteiger partial charge >= 0.3 is 0 Å². The minimum Gasteiger partial charge on any atom is -0.496 e. The maximum atomic E-state index is 13.6. The monoisotopic (exact) mass is 527 g/mol. The van der Waals surface area contributed by atoms with Gasteiger partial charge in [-0.15, -0.1) is 0 Å². The number of benzene rings is 3. The van der Waals surface area contributed by atoms with Gasteiger partial charge in [-0.3, -0.25) is 9.59 Å². The first-order chi connectivity index (χ1) is 16.5. The van der Waals surface area contributed by atoms with E-state index < -0.39 is 6.04 Å². The van der Waals surface area contributed by atoms with Gasteiger partial charge in [0.2, 0.25) is 5.91 Å². The second-order valence-corrected chi connectivity index (χ2v) is 8.38. The van der Waals surface area contributed by atoms with Gasteiger partial charge in [-0.25, -0.2) is 0 Å². The summed E-state index contributed by atoms with van der Waals surface area (Å²) in [6.45, 7) is 4.43. The molecule has 8 heteroatoms. The van der Waals surface area contributed by atoms with Crippen molar-refractivity contribution in [3.8, 4) is 11.5 Å². The van der Waals surface area contributed by atoms with Crippen molar-refractivity contribution in [2.75, 3.05) is 32.2 Å². The fourth-order valence-corrected chi connectivity index (χ4v) is 4.26. The molecule has 180 valence electrons. The summed E-state index contributed by atoms with van der Waals surface area (Å²) in [5.41, 5.74) is 1.53. The Morgan fingerprint density at radius 2 is 1.94 bits per heavy atom.